The fourth-order valence-corrected chi connectivity index (χ4v) is 2.23. The van der Waals surface area contributed by atoms with Crippen LogP contribution in [0.25, 0.3) is 0 Å². The number of benzene rings is 1. The summed E-state index contributed by atoms with van der Waals surface area (Å²) in [5.41, 5.74) is 1.09. The Morgan fingerprint density at radius 3 is 2.56 bits per heavy atom. The van der Waals surface area contributed by atoms with Gasteiger partial charge in [0.25, 0.3) is 0 Å². The van der Waals surface area contributed by atoms with Crippen molar-refractivity contribution in [3.05, 3.63) is 34.9 Å². The summed E-state index contributed by atoms with van der Waals surface area (Å²) in [7, 11) is 1.76. The Balaban J connectivity index is 2.75. The second-order valence-electron chi connectivity index (χ2n) is 5.13. The summed E-state index contributed by atoms with van der Waals surface area (Å²) in [6, 6.07) is 8.33. The zero-order valence-electron chi connectivity index (χ0n) is 11.8. The maximum atomic E-state index is 6.27. The number of rotatable bonds is 7. The van der Waals surface area contributed by atoms with E-state index in [1.54, 1.807) is 7.11 Å². The van der Waals surface area contributed by atoms with Crippen LogP contribution < -0.4 is 5.32 Å². The lowest BCUT2D eigenvalue weighted by molar-refractivity contribution is 0.0117. The van der Waals surface area contributed by atoms with Crippen LogP contribution in [0.15, 0.2) is 24.3 Å². The fraction of sp³-hybridized carbons (Fsp3) is 0.600. The first kappa shape index (κ1) is 15.5. The van der Waals surface area contributed by atoms with Crippen molar-refractivity contribution in [2.75, 3.05) is 13.7 Å². The standard InChI is InChI=1S/C15H24ClNO/c1-5-17-14(10-11-15(2,3)18-4)12-8-6-7-9-13(12)16/h6-9,14,17H,5,10-11H2,1-4H3. The second-order valence-corrected chi connectivity index (χ2v) is 5.54. The van der Waals surface area contributed by atoms with Gasteiger partial charge in [-0.05, 0) is 44.9 Å². The summed E-state index contributed by atoms with van der Waals surface area (Å²) >= 11 is 6.27. The summed E-state index contributed by atoms with van der Waals surface area (Å²) in [5, 5.41) is 4.33. The third-order valence-electron chi connectivity index (χ3n) is 3.32. The van der Waals surface area contributed by atoms with Gasteiger partial charge in [0, 0.05) is 18.2 Å². The SMILES string of the molecule is CCNC(CCC(C)(C)OC)c1ccccc1Cl. The van der Waals surface area contributed by atoms with Crippen molar-refractivity contribution < 1.29 is 4.74 Å². The van der Waals surface area contributed by atoms with E-state index in [0.29, 0.717) is 0 Å². The molecule has 1 unspecified atom stereocenters. The molecule has 0 amide bonds. The molecule has 1 aromatic carbocycles. The molecule has 0 saturated carbocycles. The zero-order valence-corrected chi connectivity index (χ0v) is 12.6. The Labute approximate surface area is 116 Å². The van der Waals surface area contributed by atoms with Gasteiger partial charge >= 0.3 is 0 Å². The van der Waals surface area contributed by atoms with E-state index >= 15 is 0 Å². The van der Waals surface area contributed by atoms with Gasteiger partial charge in [-0.25, -0.2) is 0 Å². The van der Waals surface area contributed by atoms with E-state index < -0.39 is 0 Å². The van der Waals surface area contributed by atoms with Crippen LogP contribution >= 0.6 is 11.6 Å². The normalized spacial score (nSPS) is 13.6. The first-order valence-electron chi connectivity index (χ1n) is 6.53. The summed E-state index contributed by atoms with van der Waals surface area (Å²) in [6.07, 6.45) is 2.00. The first-order valence-corrected chi connectivity index (χ1v) is 6.91. The molecule has 3 heteroatoms. The van der Waals surface area contributed by atoms with Crippen LogP contribution in [-0.4, -0.2) is 19.3 Å². The van der Waals surface area contributed by atoms with Crippen LogP contribution in [0.1, 0.15) is 45.2 Å². The maximum absolute atomic E-state index is 6.27. The Bertz CT molecular complexity index is 365. The minimum Gasteiger partial charge on any atom is -0.379 e. The second kappa shape index (κ2) is 7.13. The molecule has 0 aromatic heterocycles. The van der Waals surface area contributed by atoms with E-state index in [4.69, 9.17) is 16.3 Å². The number of ether oxygens (including phenoxy) is 1. The molecule has 1 rings (SSSR count). The maximum Gasteiger partial charge on any atom is 0.0623 e. The fourth-order valence-electron chi connectivity index (χ4n) is 1.97. The molecule has 0 saturated heterocycles. The van der Waals surface area contributed by atoms with Crippen molar-refractivity contribution in [2.45, 2.75) is 45.3 Å². The molecule has 0 radical (unpaired) electrons. The highest BCUT2D eigenvalue weighted by molar-refractivity contribution is 6.31. The molecule has 0 bridgehead atoms. The van der Waals surface area contributed by atoms with Crippen molar-refractivity contribution in [3.63, 3.8) is 0 Å². The molecule has 2 nitrogen and oxygen atoms in total. The van der Waals surface area contributed by atoms with Crippen LogP contribution in [0.3, 0.4) is 0 Å². The molecule has 0 spiro atoms. The average molecular weight is 270 g/mol. The molecule has 1 atom stereocenters. The van der Waals surface area contributed by atoms with Gasteiger partial charge in [-0.15, -0.1) is 0 Å². The minimum atomic E-state index is -0.0884. The highest BCUT2D eigenvalue weighted by Gasteiger charge is 2.20. The van der Waals surface area contributed by atoms with Crippen molar-refractivity contribution in [3.8, 4) is 0 Å². The number of hydrogen-bond donors (Lipinski definition) is 1. The smallest absolute Gasteiger partial charge is 0.0623 e. The van der Waals surface area contributed by atoms with E-state index in [0.717, 1.165) is 24.4 Å². The van der Waals surface area contributed by atoms with Gasteiger partial charge in [-0.2, -0.15) is 0 Å². The zero-order chi connectivity index (χ0) is 13.6. The van der Waals surface area contributed by atoms with Crippen LogP contribution in [0, 0.1) is 0 Å². The molecule has 0 heterocycles. The highest BCUT2D eigenvalue weighted by Crippen LogP contribution is 2.28. The third kappa shape index (κ3) is 4.60. The summed E-state index contributed by atoms with van der Waals surface area (Å²) in [5.74, 6) is 0. The van der Waals surface area contributed by atoms with Gasteiger partial charge in [0.05, 0.1) is 5.60 Å². The largest absolute Gasteiger partial charge is 0.379 e. The molecular weight excluding hydrogens is 246 g/mol. The van der Waals surface area contributed by atoms with Crippen molar-refractivity contribution in [1.29, 1.82) is 0 Å². The third-order valence-corrected chi connectivity index (χ3v) is 3.66. The van der Waals surface area contributed by atoms with Crippen molar-refractivity contribution >= 4 is 11.6 Å². The van der Waals surface area contributed by atoms with E-state index in [2.05, 4.69) is 32.2 Å². The predicted molar refractivity (Wildman–Crippen MR) is 78.2 cm³/mol. The minimum absolute atomic E-state index is 0.0884. The summed E-state index contributed by atoms with van der Waals surface area (Å²) < 4.78 is 5.47. The predicted octanol–water partition coefficient (Wildman–Crippen LogP) is 4.20. The molecule has 18 heavy (non-hydrogen) atoms. The van der Waals surface area contributed by atoms with E-state index in [1.807, 2.05) is 18.2 Å². The highest BCUT2D eigenvalue weighted by atomic mass is 35.5. The van der Waals surface area contributed by atoms with Gasteiger partial charge in [-0.1, -0.05) is 36.7 Å². The Kier molecular flexibility index (Phi) is 6.13. The Morgan fingerprint density at radius 1 is 1.33 bits per heavy atom. The molecule has 1 N–H and O–H groups in total. The van der Waals surface area contributed by atoms with E-state index in [-0.39, 0.29) is 11.6 Å². The number of hydrogen-bond acceptors (Lipinski definition) is 2. The first-order chi connectivity index (χ1) is 8.50. The van der Waals surface area contributed by atoms with Gasteiger partial charge in [0.1, 0.15) is 0 Å². The lowest BCUT2D eigenvalue weighted by Crippen LogP contribution is -2.27. The lowest BCUT2D eigenvalue weighted by atomic mass is 9.95. The monoisotopic (exact) mass is 269 g/mol. The molecule has 0 aliphatic carbocycles. The van der Waals surface area contributed by atoms with E-state index in [9.17, 15) is 0 Å². The van der Waals surface area contributed by atoms with Gasteiger partial charge < -0.3 is 10.1 Å². The molecule has 102 valence electrons. The van der Waals surface area contributed by atoms with Crippen LogP contribution in [-0.2, 0) is 4.74 Å². The Hall–Kier alpha value is -0.570. The van der Waals surface area contributed by atoms with Crippen LogP contribution in [0.5, 0.6) is 0 Å². The molecule has 0 aliphatic heterocycles. The van der Waals surface area contributed by atoms with Gasteiger partial charge in [0.2, 0.25) is 0 Å². The van der Waals surface area contributed by atoms with Crippen molar-refractivity contribution in [1.82, 2.24) is 5.32 Å². The number of nitrogens with one attached hydrogen (secondary N) is 1. The summed E-state index contributed by atoms with van der Waals surface area (Å²) in [6.45, 7) is 7.28. The quantitative estimate of drug-likeness (QED) is 0.801. The number of halogens is 1. The molecule has 0 aliphatic rings. The van der Waals surface area contributed by atoms with Crippen LogP contribution in [0.2, 0.25) is 5.02 Å². The Morgan fingerprint density at radius 2 is 2.00 bits per heavy atom. The topological polar surface area (TPSA) is 21.3 Å². The van der Waals surface area contributed by atoms with Gasteiger partial charge in [0.15, 0.2) is 0 Å². The average Bonchev–Trinajstić information content (AvgIpc) is 2.35. The molecular formula is C15H24ClNO. The van der Waals surface area contributed by atoms with Crippen LogP contribution in [0.4, 0.5) is 0 Å². The van der Waals surface area contributed by atoms with Gasteiger partial charge in [-0.3, -0.25) is 0 Å². The molecule has 0 fully saturated rings. The lowest BCUT2D eigenvalue weighted by Gasteiger charge is -2.27. The van der Waals surface area contributed by atoms with E-state index in [1.165, 1.54) is 5.56 Å². The number of methoxy groups -OCH3 is 1. The molecule has 1 aromatic rings. The van der Waals surface area contributed by atoms with Crippen molar-refractivity contribution in [2.24, 2.45) is 0 Å². The summed E-state index contributed by atoms with van der Waals surface area (Å²) in [4.78, 5) is 0.